The second-order valence-corrected chi connectivity index (χ2v) is 4.99. The molecule has 0 fully saturated rings. The van der Waals surface area contributed by atoms with Gasteiger partial charge in [0.05, 0.1) is 6.54 Å². The Hall–Kier alpha value is -2.03. The van der Waals surface area contributed by atoms with Crippen molar-refractivity contribution in [1.29, 1.82) is 0 Å². The molecule has 3 N–H and O–H groups in total. The minimum absolute atomic E-state index is 0.198. The third kappa shape index (κ3) is 3.97. The third-order valence-corrected chi connectivity index (χ3v) is 3.53. The predicted octanol–water partition coefficient (Wildman–Crippen LogP) is 1.71. The molecule has 1 aromatic carbocycles. The van der Waals surface area contributed by atoms with Crippen LogP contribution in [0, 0.1) is 12.3 Å². The summed E-state index contributed by atoms with van der Waals surface area (Å²) in [5.41, 5.74) is 2.36. The molecule has 0 saturated carbocycles. The maximum Gasteiger partial charge on any atom is 0.414 e. The van der Waals surface area contributed by atoms with Gasteiger partial charge in [0, 0.05) is 6.04 Å². The van der Waals surface area contributed by atoms with E-state index in [2.05, 4.69) is 16.6 Å². The molecule has 5 nitrogen and oxygen atoms in total. The molecule has 1 amide bonds. The number of carbonyl (C=O) groups excluding carboxylic acids is 1. The topological polar surface area (TPSA) is 70.6 Å². The summed E-state index contributed by atoms with van der Waals surface area (Å²) in [6, 6.07) is 5.78. The molecule has 112 valence electrons. The van der Waals surface area contributed by atoms with Gasteiger partial charge in [0.25, 0.3) is 0 Å². The highest BCUT2D eigenvalue weighted by molar-refractivity contribution is 5.70. The number of ether oxygens (including phenoxy) is 1. The molecule has 1 aliphatic rings. The quantitative estimate of drug-likeness (QED) is 0.570. The van der Waals surface area contributed by atoms with E-state index in [0.717, 1.165) is 18.4 Å². The van der Waals surface area contributed by atoms with E-state index in [4.69, 9.17) is 11.2 Å². The Balaban J connectivity index is 2.03. The molecule has 0 saturated heterocycles. The molecule has 0 aliphatic heterocycles. The van der Waals surface area contributed by atoms with E-state index in [1.807, 2.05) is 12.1 Å². The van der Waals surface area contributed by atoms with Crippen LogP contribution in [0.5, 0.6) is 5.75 Å². The number of aliphatic hydroxyl groups is 1. The molecule has 1 aromatic rings. The lowest BCUT2D eigenvalue weighted by molar-refractivity contribution is 0.121. The monoisotopic (exact) mass is 288 g/mol. The van der Waals surface area contributed by atoms with Crippen molar-refractivity contribution in [3.8, 4) is 18.1 Å². The summed E-state index contributed by atoms with van der Waals surface area (Å²) in [4.78, 5) is 11.6. The van der Waals surface area contributed by atoms with Gasteiger partial charge in [-0.2, -0.15) is 0 Å². The number of rotatable bonds is 5. The van der Waals surface area contributed by atoms with E-state index in [1.165, 1.54) is 5.56 Å². The second-order valence-electron chi connectivity index (χ2n) is 4.99. The van der Waals surface area contributed by atoms with E-state index < -0.39 is 12.3 Å². The van der Waals surface area contributed by atoms with Gasteiger partial charge < -0.3 is 9.84 Å². The van der Waals surface area contributed by atoms with Crippen LogP contribution in [-0.2, 0) is 6.42 Å². The first-order chi connectivity index (χ1) is 10.1. The zero-order valence-corrected chi connectivity index (χ0v) is 12.1. The molecule has 0 radical (unpaired) electrons. The number of nitrogens with one attached hydrogen (secondary N) is 2. The first kappa shape index (κ1) is 15.4. The van der Waals surface area contributed by atoms with Crippen LogP contribution in [-0.4, -0.2) is 24.0 Å². The molecule has 5 heteroatoms. The highest BCUT2D eigenvalue weighted by atomic mass is 16.6. The van der Waals surface area contributed by atoms with Crippen molar-refractivity contribution >= 4 is 6.09 Å². The van der Waals surface area contributed by atoms with Crippen molar-refractivity contribution in [2.45, 2.75) is 38.5 Å². The van der Waals surface area contributed by atoms with Gasteiger partial charge in [0.15, 0.2) is 0 Å². The zero-order valence-electron chi connectivity index (χ0n) is 12.1. The molecular weight excluding hydrogens is 268 g/mol. The maximum absolute atomic E-state index is 11.6. The highest BCUT2D eigenvalue weighted by Gasteiger charge is 2.22. The summed E-state index contributed by atoms with van der Waals surface area (Å²) in [7, 11) is 0. The van der Waals surface area contributed by atoms with Gasteiger partial charge in [-0.25, -0.2) is 4.79 Å². The van der Waals surface area contributed by atoms with Crippen LogP contribution in [0.4, 0.5) is 4.79 Å². The van der Waals surface area contributed by atoms with Crippen LogP contribution in [0.2, 0.25) is 0 Å². The van der Waals surface area contributed by atoms with Gasteiger partial charge in [0.2, 0.25) is 0 Å². The molecule has 0 bridgehead atoms. The number of terminal acetylenes is 1. The van der Waals surface area contributed by atoms with Crippen molar-refractivity contribution in [2.75, 3.05) is 6.54 Å². The number of fused-ring (bicyclic) bond motifs is 1. The minimum Gasteiger partial charge on any atom is -0.410 e. The van der Waals surface area contributed by atoms with Crippen molar-refractivity contribution in [1.82, 2.24) is 10.6 Å². The summed E-state index contributed by atoms with van der Waals surface area (Å²) in [6.07, 6.45) is 6.12. The van der Waals surface area contributed by atoms with Gasteiger partial charge in [-0.05, 0) is 42.5 Å². The molecule has 2 rings (SSSR count). The average molecular weight is 288 g/mol. The molecule has 21 heavy (non-hydrogen) atoms. The maximum atomic E-state index is 11.6. The van der Waals surface area contributed by atoms with Gasteiger partial charge in [-0.1, -0.05) is 18.9 Å². The van der Waals surface area contributed by atoms with Crippen LogP contribution < -0.4 is 15.4 Å². The van der Waals surface area contributed by atoms with Crippen LogP contribution >= 0.6 is 0 Å². The Morgan fingerprint density at radius 1 is 1.62 bits per heavy atom. The zero-order chi connectivity index (χ0) is 15.2. The van der Waals surface area contributed by atoms with Crippen molar-refractivity contribution < 1.29 is 14.6 Å². The van der Waals surface area contributed by atoms with Crippen LogP contribution in [0.1, 0.15) is 36.9 Å². The highest BCUT2D eigenvalue weighted by Crippen LogP contribution is 2.33. The summed E-state index contributed by atoms with van der Waals surface area (Å²) < 4.78 is 5.19. The fourth-order valence-electron chi connectivity index (χ4n) is 2.41. The van der Waals surface area contributed by atoms with Gasteiger partial charge in [0.1, 0.15) is 12.0 Å². The lowest BCUT2D eigenvalue weighted by Gasteiger charge is -2.14. The first-order valence-electron chi connectivity index (χ1n) is 7.10. The largest absolute Gasteiger partial charge is 0.414 e. The number of hydrogen-bond acceptors (Lipinski definition) is 4. The number of carbonyl (C=O) groups is 1. The van der Waals surface area contributed by atoms with E-state index in [9.17, 15) is 9.90 Å². The standard InChI is InChI=1S/C16H20N2O3/c1-3-9-17-14-8-6-11-5-7-12(10-13(11)14)21-16(20)18-15(19)4-2/h1,5,7,10,14-15,17,19H,4,6,8-9H2,2H3,(H,18,20). The molecular formula is C16H20N2O3. The smallest absolute Gasteiger partial charge is 0.410 e. The van der Waals surface area contributed by atoms with Gasteiger partial charge in [-0.3, -0.25) is 10.6 Å². The lowest BCUT2D eigenvalue weighted by Crippen LogP contribution is -2.36. The molecule has 1 aliphatic carbocycles. The minimum atomic E-state index is -0.892. The van der Waals surface area contributed by atoms with E-state index in [0.29, 0.717) is 18.7 Å². The normalized spacial score (nSPS) is 17.7. The van der Waals surface area contributed by atoms with Crippen molar-refractivity contribution in [3.05, 3.63) is 29.3 Å². The number of amides is 1. The summed E-state index contributed by atoms with van der Waals surface area (Å²) >= 11 is 0. The Morgan fingerprint density at radius 2 is 2.43 bits per heavy atom. The molecule has 2 atom stereocenters. The predicted molar refractivity (Wildman–Crippen MR) is 79.8 cm³/mol. The number of aliphatic hydroxyl groups excluding tert-OH is 1. The fourth-order valence-corrected chi connectivity index (χ4v) is 2.41. The number of hydrogen-bond donors (Lipinski definition) is 3. The Bertz CT molecular complexity index is 551. The third-order valence-electron chi connectivity index (χ3n) is 3.53. The van der Waals surface area contributed by atoms with E-state index >= 15 is 0 Å². The van der Waals surface area contributed by atoms with Gasteiger partial charge in [-0.15, -0.1) is 6.42 Å². The molecule has 0 aromatic heterocycles. The summed E-state index contributed by atoms with van der Waals surface area (Å²) in [6.45, 7) is 2.28. The second kappa shape index (κ2) is 7.11. The molecule has 0 spiro atoms. The van der Waals surface area contributed by atoms with Gasteiger partial charge >= 0.3 is 6.09 Å². The Labute approximate surface area is 124 Å². The first-order valence-corrected chi connectivity index (χ1v) is 7.10. The summed E-state index contributed by atoms with van der Waals surface area (Å²) in [5, 5.41) is 15.0. The number of aryl methyl sites for hydroxylation is 1. The van der Waals surface area contributed by atoms with Crippen LogP contribution in [0.3, 0.4) is 0 Å². The van der Waals surface area contributed by atoms with E-state index in [-0.39, 0.29) is 6.04 Å². The average Bonchev–Trinajstić information content (AvgIpc) is 2.87. The lowest BCUT2D eigenvalue weighted by atomic mass is 10.1. The Kier molecular flexibility index (Phi) is 5.20. The Morgan fingerprint density at radius 3 is 3.14 bits per heavy atom. The fraction of sp³-hybridized carbons (Fsp3) is 0.438. The molecule has 2 unspecified atom stereocenters. The van der Waals surface area contributed by atoms with Crippen molar-refractivity contribution in [3.63, 3.8) is 0 Å². The SMILES string of the molecule is C#CCNC1CCc2ccc(OC(=O)NC(O)CC)cc21. The van der Waals surface area contributed by atoms with Crippen LogP contribution in [0.25, 0.3) is 0 Å². The van der Waals surface area contributed by atoms with E-state index in [1.54, 1.807) is 13.0 Å². The molecule has 0 heterocycles. The van der Waals surface area contributed by atoms with Crippen LogP contribution in [0.15, 0.2) is 18.2 Å². The number of benzene rings is 1. The summed E-state index contributed by atoms with van der Waals surface area (Å²) in [5.74, 6) is 3.03. The van der Waals surface area contributed by atoms with Crippen molar-refractivity contribution in [2.24, 2.45) is 0 Å².